The molecule has 2 heterocycles. The number of benzene rings is 1. The van der Waals surface area contributed by atoms with Gasteiger partial charge in [-0.2, -0.15) is 0 Å². The van der Waals surface area contributed by atoms with E-state index in [4.69, 9.17) is 15.9 Å². The van der Waals surface area contributed by atoms with Gasteiger partial charge >= 0.3 is 11.9 Å². The first kappa shape index (κ1) is 42.0. The summed E-state index contributed by atoms with van der Waals surface area (Å²) in [6.07, 6.45) is 5.39. The van der Waals surface area contributed by atoms with Gasteiger partial charge in [0.15, 0.2) is 6.10 Å². The van der Waals surface area contributed by atoms with E-state index < -0.39 is 83.8 Å². The van der Waals surface area contributed by atoms with Crippen molar-refractivity contribution in [1.29, 1.82) is 0 Å². The van der Waals surface area contributed by atoms with Crippen LogP contribution in [0.4, 0.5) is 0 Å². The van der Waals surface area contributed by atoms with Crippen molar-refractivity contribution < 1.29 is 38.2 Å². The maximum atomic E-state index is 14.4. The molecule has 0 radical (unpaired) electrons. The Morgan fingerprint density at radius 3 is 1.96 bits per heavy atom. The minimum absolute atomic E-state index is 0.0473. The summed E-state index contributed by atoms with van der Waals surface area (Å²) in [5.74, 6) is -2.95. The number of esters is 2. The summed E-state index contributed by atoms with van der Waals surface area (Å²) in [4.78, 5) is 88.7. The van der Waals surface area contributed by atoms with E-state index in [-0.39, 0.29) is 31.2 Å². The molecule has 1 aromatic carbocycles. The zero-order chi connectivity index (χ0) is 38.9. The number of hydrogen-bond donors (Lipinski definition) is 1. The number of hydrogen-bond acceptors (Lipinski definition) is 8. The quantitative estimate of drug-likeness (QED) is 0.244. The number of amides is 4. The fourth-order valence-electron chi connectivity index (χ4n) is 7.18. The van der Waals surface area contributed by atoms with Crippen molar-refractivity contribution in [3.63, 3.8) is 0 Å². The molecule has 286 valence electrons. The fraction of sp³-hybridized carbons (Fsp3) is 0.650. The zero-order valence-electron chi connectivity index (χ0n) is 32.3. The van der Waals surface area contributed by atoms with Gasteiger partial charge < -0.3 is 29.5 Å². The Kier molecular flexibility index (Phi) is 15.3. The van der Waals surface area contributed by atoms with Crippen molar-refractivity contribution in [1.82, 2.24) is 20.0 Å². The summed E-state index contributed by atoms with van der Waals surface area (Å²) in [5.41, 5.74) is 0.743. The van der Waals surface area contributed by atoms with Crippen LogP contribution in [0.15, 0.2) is 30.3 Å². The second-order valence-electron chi connectivity index (χ2n) is 15.2. The monoisotopic (exact) mass is 722 g/mol. The van der Waals surface area contributed by atoms with Crippen LogP contribution in [0.2, 0.25) is 0 Å². The smallest absolute Gasteiger partial charge is 0.329 e. The van der Waals surface area contributed by atoms with E-state index in [0.717, 1.165) is 5.56 Å². The van der Waals surface area contributed by atoms with Gasteiger partial charge in [0.1, 0.15) is 30.3 Å². The number of likely N-dealkylation sites (N-methyl/N-ethyl adjacent to an activating group) is 2. The van der Waals surface area contributed by atoms with Crippen LogP contribution in [0.25, 0.3) is 0 Å². The Hall–Kier alpha value is -4.40. The maximum Gasteiger partial charge on any atom is 0.329 e. The van der Waals surface area contributed by atoms with Crippen LogP contribution < -0.4 is 5.32 Å². The number of cyclic esters (lactones) is 2. The minimum Gasteiger partial charge on any atom is -0.460 e. The lowest BCUT2D eigenvalue weighted by Gasteiger charge is -2.36. The molecule has 0 saturated carbocycles. The zero-order valence-corrected chi connectivity index (χ0v) is 32.3. The largest absolute Gasteiger partial charge is 0.460 e. The van der Waals surface area contributed by atoms with Gasteiger partial charge in [0.2, 0.25) is 17.7 Å². The molecule has 0 bridgehead atoms. The van der Waals surface area contributed by atoms with Crippen LogP contribution in [0, 0.1) is 36.0 Å². The first-order valence-electron chi connectivity index (χ1n) is 18.5. The first-order chi connectivity index (χ1) is 24.5. The molecule has 1 aromatic rings. The molecular weight excluding hydrogens is 664 g/mol. The Balaban J connectivity index is 2.17. The van der Waals surface area contributed by atoms with E-state index in [9.17, 15) is 28.8 Å². The number of rotatable bonds is 8. The highest BCUT2D eigenvalue weighted by Gasteiger charge is 2.45. The number of nitrogens with zero attached hydrogens (tertiary/aromatic N) is 3. The molecule has 0 aromatic heterocycles. The Labute approximate surface area is 309 Å². The number of fused-ring (bicyclic) bond motifs is 1. The second-order valence-corrected chi connectivity index (χ2v) is 15.2. The van der Waals surface area contributed by atoms with Crippen molar-refractivity contribution in [3.8, 4) is 12.3 Å². The van der Waals surface area contributed by atoms with Gasteiger partial charge in [0.25, 0.3) is 5.91 Å². The average Bonchev–Trinajstić information content (AvgIpc) is 3.58. The van der Waals surface area contributed by atoms with Crippen LogP contribution in [0.5, 0.6) is 0 Å². The van der Waals surface area contributed by atoms with Gasteiger partial charge in [-0.1, -0.05) is 78.8 Å². The molecule has 4 amide bonds. The molecule has 0 aliphatic carbocycles. The molecule has 2 aliphatic rings. The Morgan fingerprint density at radius 2 is 1.40 bits per heavy atom. The van der Waals surface area contributed by atoms with E-state index in [1.807, 2.05) is 30.3 Å². The highest BCUT2D eigenvalue weighted by atomic mass is 16.6. The number of carbonyl (C=O) groups excluding carboxylic acids is 6. The van der Waals surface area contributed by atoms with E-state index in [0.29, 0.717) is 25.7 Å². The molecule has 7 atom stereocenters. The molecule has 52 heavy (non-hydrogen) atoms. The highest BCUT2D eigenvalue weighted by molar-refractivity contribution is 5.95. The standard InChI is InChI=1S/C40H58N4O8/c1-11-12-14-21-30-27(8)35(45)41-32(24(2)3)38(48)43(10)34(26(6)7)40(50)52-31(23-28-18-15-13-16-19-28)37(47)44-22-17-20-29(44)36(46)42(9)33(25(4)5)39(49)51-30/h1,13,15-16,18-19,24-27,29-34H,12,14,17,20-23H2,2-10H3,(H,41,45)/t27?,29-,30?,31+,32-,33-,34-/m0/s1. The topological polar surface area (TPSA) is 143 Å². The summed E-state index contributed by atoms with van der Waals surface area (Å²) in [6, 6.07) is 5.06. The third-order valence-electron chi connectivity index (χ3n) is 10.2. The molecule has 2 fully saturated rings. The summed E-state index contributed by atoms with van der Waals surface area (Å²) < 4.78 is 12.1. The van der Waals surface area contributed by atoms with Crippen LogP contribution in [-0.2, 0) is 44.7 Å². The van der Waals surface area contributed by atoms with E-state index >= 15 is 0 Å². The van der Waals surface area contributed by atoms with Crippen molar-refractivity contribution in [2.75, 3.05) is 20.6 Å². The molecule has 2 unspecified atom stereocenters. The molecule has 2 aliphatic heterocycles. The molecule has 12 nitrogen and oxygen atoms in total. The first-order valence-corrected chi connectivity index (χ1v) is 18.5. The van der Waals surface area contributed by atoms with E-state index in [2.05, 4.69) is 11.2 Å². The minimum atomic E-state index is -1.29. The predicted molar refractivity (Wildman–Crippen MR) is 196 cm³/mol. The van der Waals surface area contributed by atoms with Gasteiger partial charge in [-0.15, -0.1) is 12.3 Å². The van der Waals surface area contributed by atoms with Crippen LogP contribution >= 0.6 is 0 Å². The molecular formula is C40H58N4O8. The highest BCUT2D eigenvalue weighted by Crippen LogP contribution is 2.27. The molecule has 0 spiro atoms. The van der Waals surface area contributed by atoms with Crippen LogP contribution in [-0.4, -0.2) is 107 Å². The van der Waals surface area contributed by atoms with Gasteiger partial charge in [-0.25, -0.2) is 9.59 Å². The van der Waals surface area contributed by atoms with Crippen molar-refractivity contribution in [3.05, 3.63) is 35.9 Å². The number of unbranched alkanes of at least 4 members (excludes halogenated alkanes) is 1. The molecule has 12 heteroatoms. The van der Waals surface area contributed by atoms with Crippen molar-refractivity contribution >= 4 is 35.6 Å². The molecule has 3 rings (SSSR count). The summed E-state index contributed by atoms with van der Waals surface area (Å²) in [6.45, 7) is 12.6. The predicted octanol–water partition coefficient (Wildman–Crippen LogP) is 3.60. The van der Waals surface area contributed by atoms with E-state index in [1.54, 1.807) is 48.5 Å². The third kappa shape index (κ3) is 10.1. The lowest BCUT2D eigenvalue weighted by molar-refractivity contribution is -0.169. The molecule has 1 N–H and O–H groups in total. The lowest BCUT2D eigenvalue weighted by Crippen LogP contribution is -2.57. The summed E-state index contributed by atoms with van der Waals surface area (Å²) in [5, 5.41) is 2.86. The van der Waals surface area contributed by atoms with Gasteiger partial charge in [-0.05, 0) is 49.0 Å². The number of terminal acetylenes is 1. The van der Waals surface area contributed by atoms with E-state index in [1.165, 1.54) is 28.8 Å². The van der Waals surface area contributed by atoms with Crippen molar-refractivity contribution in [2.45, 2.75) is 123 Å². The third-order valence-corrected chi connectivity index (χ3v) is 10.2. The average molecular weight is 723 g/mol. The summed E-state index contributed by atoms with van der Waals surface area (Å²) >= 11 is 0. The van der Waals surface area contributed by atoms with Crippen molar-refractivity contribution in [2.24, 2.45) is 23.7 Å². The number of ether oxygens (including phenoxy) is 2. The number of nitrogens with one attached hydrogen (secondary N) is 1. The van der Waals surface area contributed by atoms with Gasteiger partial charge in [-0.3, -0.25) is 19.2 Å². The fourth-order valence-corrected chi connectivity index (χ4v) is 7.18. The normalized spacial score (nSPS) is 27.5. The molecule has 2 saturated heterocycles. The lowest BCUT2D eigenvalue weighted by atomic mass is 9.95. The van der Waals surface area contributed by atoms with Crippen LogP contribution in [0.1, 0.15) is 86.1 Å². The summed E-state index contributed by atoms with van der Waals surface area (Å²) in [7, 11) is 3.00. The number of carbonyl (C=O) groups is 6. The van der Waals surface area contributed by atoms with Gasteiger partial charge in [0.05, 0.1) is 5.92 Å². The Morgan fingerprint density at radius 1 is 0.827 bits per heavy atom. The van der Waals surface area contributed by atoms with Gasteiger partial charge in [0, 0.05) is 33.5 Å². The maximum absolute atomic E-state index is 14.4. The SMILES string of the molecule is C#CCCCC1OC(=O)[C@H](C(C)C)N(C)C(=O)[C@@H]2CCCN2C(=O)[C@@H](Cc2ccccc2)OC(=O)[C@H](C(C)C)N(C)C(=O)[C@H](C(C)C)NC(=O)C1C. The Bertz CT molecular complexity index is 1470. The van der Waals surface area contributed by atoms with Crippen LogP contribution in [0.3, 0.4) is 0 Å². The second kappa shape index (κ2) is 18.9.